The van der Waals surface area contributed by atoms with Crippen LogP contribution in [0.5, 0.6) is 17.2 Å². The molecular formula is C20H20N2O4S. The summed E-state index contributed by atoms with van der Waals surface area (Å²) < 4.78 is 16.0. The molecular weight excluding hydrogens is 364 g/mol. The van der Waals surface area contributed by atoms with Gasteiger partial charge in [-0.15, -0.1) is 0 Å². The van der Waals surface area contributed by atoms with Gasteiger partial charge in [0.2, 0.25) is 12.7 Å². The van der Waals surface area contributed by atoms with E-state index in [1.54, 1.807) is 12.0 Å². The van der Waals surface area contributed by atoms with E-state index in [-0.39, 0.29) is 18.0 Å². The zero-order valence-electron chi connectivity index (χ0n) is 15.2. The van der Waals surface area contributed by atoms with Gasteiger partial charge in [0, 0.05) is 6.54 Å². The van der Waals surface area contributed by atoms with E-state index >= 15 is 0 Å². The van der Waals surface area contributed by atoms with E-state index < -0.39 is 0 Å². The van der Waals surface area contributed by atoms with Crippen LogP contribution >= 0.6 is 11.8 Å². The standard InChI is InChI=1S/C20H20N2O4S/c1-3-22-19(23)18(11-13-4-9-16-17(10-13)26-12-25-16)27-20(22)21-14-5-7-15(24-2)8-6-14/h4-10,18H,3,11-12H2,1-2H3/t18-/m1/s1. The highest BCUT2D eigenvalue weighted by Crippen LogP contribution is 2.36. The third-order valence-electron chi connectivity index (χ3n) is 4.49. The van der Waals surface area contributed by atoms with Gasteiger partial charge in [-0.05, 0) is 55.3 Å². The molecule has 2 heterocycles. The van der Waals surface area contributed by atoms with Crippen LogP contribution < -0.4 is 14.2 Å². The van der Waals surface area contributed by atoms with Gasteiger partial charge in [0.1, 0.15) is 5.75 Å². The van der Waals surface area contributed by atoms with Gasteiger partial charge in [-0.2, -0.15) is 0 Å². The number of nitrogens with zero attached hydrogens (tertiary/aromatic N) is 2. The molecule has 7 heteroatoms. The van der Waals surface area contributed by atoms with E-state index in [2.05, 4.69) is 4.99 Å². The molecule has 0 radical (unpaired) electrons. The summed E-state index contributed by atoms with van der Waals surface area (Å²) in [5.74, 6) is 2.36. The Hall–Kier alpha value is -2.67. The molecule has 2 aromatic carbocycles. The number of amides is 1. The minimum atomic E-state index is -0.192. The van der Waals surface area contributed by atoms with Crippen LogP contribution in [0.3, 0.4) is 0 Å². The number of fused-ring (bicyclic) bond motifs is 1. The molecule has 1 atom stereocenters. The minimum absolute atomic E-state index is 0.0902. The lowest BCUT2D eigenvalue weighted by molar-refractivity contribution is -0.126. The smallest absolute Gasteiger partial charge is 0.242 e. The van der Waals surface area contributed by atoms with Crippen molar-refractivity contribution in [1.29, 1.82) is 0 Å². The predicted octanol–water partition coefficient (Wildman–Crippen LogP) is 3.62. The lowest BCUT2D eigenvalue weighted by Gasteiger charge is -2.13. The molecule has 2 aliphatic heterocycles. The Balaban J connectivity index is 1.53. The largest absolute Gasteiger partial charge is 0.497 e. The fraction of sp³-hybridized carbons (Fsp3) is 0.300. The first kappa shape index (κ1) is 17.7. The van der Waals surface area contributed by atoms with Gasteiger partial charge in [0.15, 0.2) is 16.7 Å². The summed E-state index contributed by atoms with van der Waals surface area (Å²) >= 11 is 1.51. The second-order valence-electron chi connectivity index (χ2n) is 6.17. The Morgan fingerprint density at radius 3 is 2.70 bits per heavy atom. The fourth-order valence-electron chi connectivity index (χ4n) is 3.07. The maximum atomic E-state index is 12.8. The predicted molar refractivity (Wildman–Crippen MR) is 105 cm³/mol. The summed E-state index contributed by atoms with van der Waals surface area (Å²) in [6.07, 6.45) is 0.623. The summed E-state index contributed by atoms with van der Waals surface area (Å²) in [6.45, 7) is 2.81. The van der Waals surface area contributed by atoms with Gasteiger partial charge in [0.05, 0.1) is 18.0 Å². The van der Waals surface area contributed by atoms with E-state index in [4.69, 9.17) is 14.2 Å². The molecule has 140 valence electrons. The number of rotatable bonds is 5. The van der Waals surface area contributed by atoms with Gasteiger partial charge in [-0.3, -0.25) is 9.69 Å². The topological polar surface area (TPSA) is 60.4 Å². The average molecular weight is 384 g/mol. The quantitative estimate of drug-likeness (QED) is 0.788. The number of benzene rings is 2. The van der Waals surface area contributed by atoms with E-state index in [0.717, 1.165) is 33.7 Å². The Labute approximate surface area is 162 Å². The molecule has 0 bridgehead atoms. The Morgan fingerprint density at radius 2 is 1.96 bits per heavy atom. The van der Waals surface area contributed by atoms with E-state index in [1.165, 1.54) is 11.8 Å². The van der Waals surface area contributed by atoms with E-state index in [0.29, 0.717) is 13.0 Å². The van der Waals surface area contributed by atoms with Gasteiger partial charge >= 0.3 is 0 Å². The minimum Gasteiger partial charge on any atom is -0.497 e. The number of thioether (sulfide) groups is 1. The van der Waals surface area contributed by atoms with Gasteiger partial charge < -0.3 is 14.2 Å². The lowest BCUT2D eigenvalue weighted by Crippen LogP contribution is -2.32. The Morgan fingerprint density at radius 1 is 1.19 bits per heavy atom. The van der Waals surface area contributed by atoms with Crippen molar-refractivity contribution >= 4 is 28.5 Å². The number of methoxy groups -OCH3 is 1. The van der Waals surface area contributed by atoms with E-state index in [9.17, 15) is 4.79 Å². The molecule has 27 heavy (non-hydrogen) atoms. The summed E-state index contributed by atoms with van der Waals surface area (Å²) in [4.78, 5) is 19.2. The zero-order valence-corrected chi connectivity index (χ0v) is 16.0. The summed E-state index contributed by atoms with van der Waals surface area (Å²) in [6, 6.07) is 13.3. The fourth-order valence-corrected chi connectivity index (χ4v) is 4.33. The number of carbonyl (C=O) groups is 1. The Kier molecular flexibility index (Phi) is 4.94. The number of hydrogen-bond acceptors (Lipinski definition) is 6. The Bertz CT molecular complexity index is 882. The van der Waals surface area contributed by atoms with Crippen LogP contribution in [0.15, 0.2) is 47.5 Å². The average Bonchev–Trinajstić information content (AvgIpc) is 3.26. The molecule has 1 amide bonds. The third-order valence-corrected chi connectivity index (χ3v) is 5.67. The number of ether oxygens (including phenoxy) is 3. The summed E-state index contributed by atoms with van der Waals surface area (Å²) in [7, 11) is 1.63. The van der Waals surface area contributed by atoms with Crippen molar-refractivity contribution in [2.24, 2.45) is 4.99 Å². The molecule has 2 aliphatic rings. The molecule has 6 nitrogen and oxygen atoms in total. The SMILES string of the molecule is CCN1C(=O)[C@@H](Cc2ccc3c(c2)OCO3)SC1=Nc1ccc(OC)cc1. The van der Waals surface area contributed by atoms with Crippen molar-refractivity contribution in [2.45, 2.75) is 18.6 Å². The van der Waals surface area contributed by atoms with Crippen molar-refractivity contribution in [3.8, 4) is 17.2 Å². The molecule has 0 spiro atoms. The summed E-state index contributed by atoms with van der Waals surface area (Å²) in [5.41, 5.74) is 1.85. The molecule has 1 fully saturated rings. The van der Waals surface area contributed by atoms with Gasteiger partial charge in [-0.25, -0.2) is 4.99 Å². The monoisotopic (exact) mass is 384 g/mol. The number of carbonyl (C=O) groups excluding carboxylic acids is 1. The maximum Gasteiger partial charge on any atom is 0.242 e. The number of amidine groups is 1. The second kappa shape index (κ2) is 7.52. The van der Waals surface area contributed by atoms with Crippen molar-refractivity contribution in [1.82, 2.24) is 4.90 Å². The van der Waals surface area contributed by atoms with Crippen LogP contribution in [-0.2, 0) is 11.2 Å². The summed E-state index contributed by atoms with van der Waals surface area (Å²) in [5, 5.41) is 0.542. The van der Waals surface area contributed by atoms with Crippen LogP contribution in [-0.4, -0.2) is 41.7 Å². The normalized spacial score (nSPS) is 19.8. The van der Waals surface area contributed by atoms with Gasteiger partial charge in [-0.1, -0.05) is 17.8 Å². The highest BCUT2D eigenvalue weighted by Gasteiger charge is 2.37. The molecule has 1 saturated heterocycles. The first-order valence-electron chi connectivity index (χ1n) is 8.77. The van der Waals surface area contributed by atoms with Crippen LogP contribution in [0.2, 0.25) is 0 Å². The highest BCUT2D eigenvalue weighted by atomic mass is 32.2. The maximum absolute atomic E-state index is 12.8. The third kappa shape index (κ3) is 3.60. The van der Waals surface area contributed by atoms with Crippen LogP contribution in [0.1, 0.15) is 12.5 Å². The first-order valence-corrected chi connectivity index (χ1v) is 9.65. The molecule has 0 saturated carbocycles. The lowest BCUT2D eigenvalue weighted by atomic mass is 10.1. The van der Waals surface area contributed by atoms with Crippen molar-refractivity contribution in [3.63, 3.8) is 0 Å². The van der Waals surface area contributed by atoms with Crippen LogP contribution in [0.4, 0.5) is 5.69 Å². The van der Waals surface area contributed by atoms with Crippen molar-refractivity contribution < 1.29 is 19.0 Å². The molecule has 0 N–H and O–H groups in total. The second-order valence-corrected chi connectivity index (χ2v) is 7.34. The van der Waals surface area contributed by atoms with Crippen molar-refractivity contribution in [2.75, 3.05) is 20.4 Å². The molecule has 0 aliphatic carbocycles. The van der Waals surface area contributed by atoms with Gasteiger partial charge in [0.25, 0.3) is 0 Å². The number of hydrogen-bond donors (Lipinski definition) is 0. The highest BCUT2D eigenvalue weighted by molar-refractivity contribution is 8.15. The van der Waals surface area contributed by atoms with Crippen molar-refractivity contribution in [3.05, 3.63) is 48.0 Å². The number of aliphatic imine (C=N–C) groups is 1. The van der Waals surface area contributed by atoms with E-state index in [1.807, 2.05) is 49.4 Å². The zero-order chi connectivity index (χ0) is 18.8. The molecule has 0 unspecified atom stereocenters. The first-order chi connectivity index (χ1) is 13.2. The molecule has 4 rings (SSSR count). The van der Waals surface area contributed by atoms with Crippen LogP contribution in [0.25, 0.3) is 0 Å². The van der Waals surface area contributed by atoms with Crippen LogP contribution in [0, 0.1) is 0 Å². The molecule has 0 aromatic heterocycles. The molecule has 2 aromatic rings.